The van der Waals surface area contributed by atoms with Gasteiger partial charge in [0.05, 0.1) is 11.5 Å². The second-order valence-corrected chi connectivity index (χ2v) is 8.10. The highest BCUT2D eigenvalue weighted by Crippen LogP contribution is 2.39. The zero-order valence-corrected chi connectivity index (χ0v) is 11.2. The number of nitrogens with zero attached hydrogens (tertiary/aromatic N) is 1. The fourth-order valence-electron chi connectivity index (χ4n) is 2.78. The van der Waals surface area contributed by atoms with Crippen molar-refractivity contribution in [3.63, 3.8) is 0 Å². The predicted molar refractivity (Wildman–Crippen MR) is 66.1 cm³/mol. The number of sulfone groups is 1. The molecule has 0 amide bonds. The molecule has 0 aromatic heterocycles. The first-order chi connectivity index (χ1) is 7.46. The van der Waals surface area contributed by atoms with Crippen LogP contribution in [0.1, 0.15) is 26.7 Å². The van der Waals surface area contributed by atoms with E-state index in [2.05, 4.69) is 18.7 Å². The Hall–Kier alpha value is -0.0900. The van der Waals surface area contributed by atoms with E-state index >= 15 is 0 Å². The van der Waals surface area contributed by atoms with Crippen LogP contribution in [0.3, 0.4) is 0 Å². The fourth-order valence-corrected chi connectivity index (χ4v) is 4.06. The Morgan fingerprint density at radius 3 is 2.25 bits per heavy atom. The normalized spacial score (nSPS) is 34.9. The first-order valence-corrected chi connectivity index (χ1v) is 8.21. The highest BCUT2D eigenvalue weighted by molar-refractivity contribution is 7.91. The van der Waals surface area contributed by atoms with Crippen molar-refractivity contribution in [1.82, 2.24) is 4.90 Å². The van der Waals surface area contributed by atoms with Crippen LogP contribution in [0.2, 0.25) is 0 Å². The summed E-state index contributed by atoms with van der Waals surface area (Å²) in [6.07, 6.45) is 2.70. The zero-order valence-electron chi connectivity index (χ0n) is 10.4. The smallest absolute Gasteiger partial charge is 0.152 e. The van der Waals surface area contributed by atoms with Crippen molar-refractivity contribution >= 4 is 9.84 Å². The topological polar surface area (TPSA) is 37.4 Å². The van der Waals surface area contributed by atoms with E-state index < -0.39 is 9.84 Å². The van der Waals surface area contributed by atoms with E-state index in [0.717, 1.165) is 37.4 Å². The lowest BCUT2D eigenvalue weighted by Gasteiger charge is -2.41. The lowest BCUT2D eigenvalue weighted by Crippen LogP contribution is -2.45. The van der Waals surface area contributed by atoms with Crippen molar-refractivity contribution in [3.8, 4) is 0 Å². The van der Waals surface area contributed by atoms with Gasteiger partial charge in [0, 0.05) is 19.6 Å². The third kappa shape index (κ3) is 2.98. The molecule has 0 aromatic carbocycles. The summed E-state index contributed by atoms with van der Waals surface area (Å²) in [4.78, 5) is 2.34. The van der Waals surface area contributed by atoms with Crippen molar-refractivity contribution in [1.29, 1.82) is 0 Å². The van der Waals surface area contributed by atoms with Gasteiger partial charge in [0.25, 0.3) is 0 Å². The van der Waals surface area contributed by atoms with Crippen LogP contribution < -0.4 is 0 Å². The molecule has 0 unspecified atom stereocenters. The maximum atomic E-state index is 11.3. The van der Waals surface area contributed by atoms with E-state index in [1.165, 1.54) is 12.8 Å². The van der Waals surface area contributed by atoms with Crippen molar-refractivity contribution in [2.45, 2.75) is 26.7 Å². The maximum absolute atomic E-state index is 11.3. The molecule has 4 heteroatoms. The van der Waals surface area contributed by atoms with Gasteiger partial charge in [-0.25, -0.2) is 8.42 Å². The molecule has 0 N–H and O–H groups in total. The molecule has 0 spiro atoms. The largest absolute Gasteiger partial charge is 0.301 e. The summed E-state index contributed by atoms with van der Waals surface area (Å²) in [7, 11) is -2.71. The maximum Gasteiger partial charge on any atom is 0.152 e. The summed E-state index contributed by atoms with van der Waals surface area (Å²) >= 11 is 0. The average molecular weight is 245 g/mol. The third-order valence-electron chi connectivity index (χ3n) is 4.17. The van der Waals surface area contributed by atoms with Gasteiger partial charge in [0.1, 0.15) is 0 Å². The molecule has 0 bridgehead atoms. The van der Waals surface area contributed by atoms with Crippen LogP contribution in [0, 0.1) is 17.8 Å². The van der Waals surface area contributed by atoms with Crippen LogP contribution in [-0.2, 0) is 9.84 Å². The molecule has 3 nitrogen and oxygen atoms in total. The van der Waals surface area contributed by atoms with Crippen molar-refractivity contribution in [2.24, 2.45) is 17.8 Å². The van der Waals surface area contributed by atoms with E-state index in [1.54, 1.807) is 0 Å². The van der Waals surface area contributed by atoms with Gasteiger partial charge < -0.3 is 4.90 Å². The first kappa shape index (κ1) is 12.4. The third-order valence-corrected chi connectivity index (χ3v) is 5.78. The summed E-state index contributed by atoms with van der Waals surface area (Å²) < 4.78 is 22.6. The summed E-state index contributed by atoms with van der Waals surface area (Å²) in [6, 6.07) is 0. The van der Waals surface area contributed by atoms with Gasteiger partial charge in [-0.3, -0.25) is 0 Å². The van der Waals surface area contributed by atoms with E-state index in [1.807, 2.05) is 0 Å². The summed E-state index contributed by atoms with van der Waals surface area (Å²) in [5, 5.41) is 0. The Kier molecular flexibility index (Phi) is 3.59. The van der Waals surface area contributed by atoms with Gasteiger partial charge in [-0.15, -0.1) is 0 Å². The Bertz CT molecular complexity index is 317. The van der Waals surface area contributed by atoms with Crippen LogP contribution in [0.4, 0.5) is 0 Å². The fraction of sp³-hybridized carbons (Fsp3) is 1.00. The summed E-state index contributed by atoms with van der Waals surface area (Å²) in [5.41, 5.74) is 0. The lowest BCUT2D eigenvalue weighted by atomic mass is 9.69. The van der Waals surface area contributed by atoms with Gasteiger partial charge in [0.15, 0.2) is 9.84 Å². The molecule has 2 fully saturated rings. The molecule has 2 rings (SSSR count). The van der Waals surface area contributed by atoms with E-state index in [4.69, 9.17) is 0 Å². The summed E-state index contributed by atoms with van der Waals surface area (Å²) in [6.45, 7) is 7.23. The van der Waals surface area contributed by atoms with Crippen LogP contribution >= 0.6 is 0 Å². The molecule has 16 heavy (non-hydrogen) atoms. The van der Waals surface area contributed by atoms with Gasteiger partial charge in [-0.05, 0) is 30.6 Å². The molecule has 1 aliphatic carbocycles. The molecule has 1 heterocycles. The van der Waals surface area contributed by atoms with E-state index in [9.17, 15) is 8.42 Å². The molecule has 2 aliphatic rings. The Morgan fingerprint density at radius 1 is 1.19 bits per heavy atom. The molecule has 0 aromatic rings. The Labute approximate surface area is 99.1 Å². The van der Waals surface area contributed by atoms with Crippen LogP contribution in [0.5, 0.6) is 0 Å². The minimum Gasteiger partial charge on any atom is -0.301 e. The molecular weight excluding hydrogens is 222 g/mol. The zero-order chi connectivity index (χ0) is 11.8. The standard InChI is InChI=1S/C12H23NO2S/c1-10(2)12-7-11(8-12)9-13-3-5-16(14,15)6-4-13/h10-12H,3-9H2,1-2H3. The monoisotopic (exact) mass is 245 g/mol. The van der Waals surface area contributed by atoms with Gasteiger partial charge in [-0.1, -0.05) is 13.8 Å². The van der Waals surface area contributed by atoms with Crippen molar-refractivity contribution in [3.05, 3.63) is 0 Å². The molecule has 0 radical (unpaired) electrons. The Balaban J connectivity index is 1.69. The molecule has 1 saturated carbocycles. The van der Waals surface area contributed by atoms with Gasteiger partial charge >= 0.3 is 0 Å². The SMILES string of the molecule is CC(C)C1CC(CN2CCS(=O)(=O)CC2)C1. The van der Waals surface area contributed by atoms with Crippen LogP contribution in [0.25, 0.3) is 0 Å². The second-order valence-electron chi connectivity index (χ2n) is 5.79. The number of hydrogen-bond acceptors (Lipinski definition) is 3. The predicted octanol–water partition coefficient (Wildman–Crippen LogP) is 1.40. The highest BCUT2D eigenvalue weighted by atomic mass is 32.2. The van der Waals surface area contributed by atoms with Gasteiger partial charge in [0.2, 0.25) is 0 Å². The Morgan fingerprint density at radius 2 is 1.75 bits per heavy atom. The molecule has 1 aliphatic heterocycles. The number of hydrogen-bond donors (Lipinski definition) is 0. The quantitative estimate of drug-likeness (QED) is 0.754. The number of rotatable bonds is 3. The van der Waals surface area contributed by atoms with Gasteiger partial charge in [-0.2, -0.15) is 0 Å². The minimum absolute atomic E-state index is 0.368. The lowest BCUT2D eigenvalue weighted by molar-refractivity contribution is 0.0986. The average Bonchev–Trinajstić information content (AvgIpc) is 2.12. The minimum atomic E-state index is -2.71. The van der Waals surface area contributed by atoms with E-state index in [0.29, 0.717) is 11.5 Å². The second kappa shape index (κ2) is 4.65. The first-order valence-electron chi connectivity index (χ1n) is 6.39. The molecular formula is C12H23NO2S. The van der Waals surface area contributed by atoms with Crippen molar-refractivity contribution in [2.75, 3.05) is 31.1 Å². The van der Waals surface area contributed by atoms with Crippen LogP contribution in [0.15, 0.2) is 0 Å². The molecule has 94 valence electrons. The summed E-state index contributed by atoms with van der Waals surface area (Å²) in [5.74, 6) is 3.30. The highest BCUT2D eigenvalue weighted by Gasteiger charge is 2.33. The van der Waals surface area contributed by atoms with E-state index in [-0.39, 0.29) is 0 Å². The van der Waals surface area contributed by atoms with Crippen molar-refractivity contribution < 1.29 is 8.42 Å². The molecule has 0 atom stereocenters. The van der Waals surface area contributed by atoms with Crippen LogP contribution in [-0.4, -0.2) is 44.5 Å². The molecule has 1 saturated heterocycles.